The first-order valence-electron chi connectivity index (χ1n) is 8.65. The molecule has 1 aromatic carbocycles. The van der Waals surface area contributed by atoms with Crippen LogP contribution in [-0.2, 0) is 16.0 Å². The Hall–Kier alpha value is -2.47. The highest BCUT2D eigenvalue weighted by Crippen LogP contribution is 2.32. The summed E-state index contributed by atoms with van der Waals surface area (Å²) in [6.45, 7) is 5.56. The maximum atomic E-state index is 12.4. The van der Waals surface area contributed by atoms with E-state index in [1.807, 2.05) is 13.0 Å². The third-order valence-electron chi connectivity index (χ3n) is 4.57. The second-order valence-corrected chi connectivity index (χ2v) is 7.71. The van der Waals surface area contributed by atoms with Gasteiger partial charge in [-0.05, 0) is 55.7 Å². The van der Waals surface area contributed by atoms with Gasteiger partial charge in [0.2, 0.25) is 5.91 Å². The minimum Gasteiger partial charge on any atom is -0.453 e. The van der Waals surface area contributed by atoms with Crippen molar-refractivity contribution in [2.45, 2.75) is 39.5 Å². The van der Waals surface area contributed by atoms with Crippen LogP contribution in [0.15, 0.2) is 24.3 Å². The second kappa shape index (κ2) is 7.41. The smallest absolute Gasteiger partial charge is 0.348 e. The van der Waals surface area contributed by atoms with Crippen LogP contribution in [0.25, 0.3) is 0 Å². The SMILES string of the molecule is CCCc1cc(C(=O)OCC(=O)c2ccc3c(c2)[C@H](C)C(=O)N3)sc1C. The summed E-state index contributed by atoms with van der Waals surface area (Å²) in [5, 5.41) is 2.77. The number of thiophene rings is 1. The number of hydrogen-bond acceptors (Lipinski definition) is 5. The third kappa shape index (κ3) is 3.55. The van der Waals surface area contributed by atoms with Crippen molar-refractivity contribution in [2.75, 3.05) is 11.9 Å². The Kier molecular flexibility index (Phi) is 5.23. The molecule has 0 spiro atoms. The van der Waals surface area contributed by atoms with Crippen LogP contribution in [0.5, 0.6) is 0 Å². The lowest BCUT2D eigenvalue weighted by atomic mass is 9.99. The molecule has 0 unspecified atom stereocenters. The first-order valence-corrected chi connectivity index (χ1v) is 9.46. The number of Topliss-reactive ketones (excluding diaryl/α,β-unsaturated/α-hetero) is 1. The molecule has 2 aromatic rings. The van der Waals surface area contributed by atoms with Crippen LogP contribution in [-0.4, -0.2) is 24.3 Å². The minimum absolute atomic E-state index is 0.0769. The number of ether oxygens (including phenoxy) is 1. The molecule has 1 aliphatic heterocycles. The molecule has 0 saturated carbocycles. The molecule has 1 aliphatic rings. The Morgan fingerprint density at radius 1 is 1.27 bits per heavy atom. The lowest BCUT2D eigenvalue weighted by Gasteiger charge is -2.06. The molecule has 6 heteroatoms. The van der Waals surface area contributed by atoms with Crippen molar-refractivity contribution in [3.05, 3.63) is 50.7 Å². The van der Waals surface area contributed by atoms with Gasteiger partial charge in [-0.25, -0.2) is 4.79 Å². The Labute approximate surface area is 156 Å². The van der Waals surface area contributed by atoms with Crippen molar-refractivity contribution in [3.8, 4) is 0 Å². The summed E-state index contributed by atoms with van der Waals surface area (Å²) in [5.74, 6) is -1.12. The summed E-state index contributed by atoms with van der Waals surface area (Å²) in [6, 6.07) is 6.90. The Bertz CT molecular complexity index is 884. The summed E-state index contributed by atoms with van der Waals surface area (Å²) < 4.78 is 5.20. The number of fused-ring (bicyclic) bond motifs is 1. The lowest BCUT2D eigenvalue weighted by molar-refractivity contribution is -0.116. The number of nitrogens with one attached hydrogen (secondary N) is 1. The van der Waals surface area contributed by atoms with Crippen LogP contribution in [0, 0.1) is 6.92 Å². The average Bonchev–Trinajstić information content (AvgIpc) is 3.13. The molecule has 1 aromatic heterocycles. The standard InChI is InChI=1S/C20H21NO4S/c1-4-5-13-9-18(26-12(13)3)20(24)25-10-17(22)14-6-7-16-15(8-14)11(2)19(23)21-16/h6-9,11H,4-5,10H2,1-3H3,(H,21,23)/t11-/m0/s1. The number of rotatable bonds is 6. The highest BCUT2D eigenvalue weighted by atomic mass is 32.1. The van der Waals surface area contributed by atoms with Gasteiger partial charge in [-0.3, -0.25) is 9.59 Å². The Morgan fingerprint density at radius 2 is 2.04 bits per heavy atom. The molecule has 1 N–H and O–H groups in total. The molecule has 0 saturated heterocycles. The van der Waals surface area contributed by atoms with Crippen LogP contribution in [0.1, 0.15) is 62.2 Å². The highest BCUT2D eigenvalue weighted by molar-refractivity contribution is 7.14. The number of carbonyl (C=O) groups is 3. The number of anilines is 1. The fourth-order valence-electron chi connectivity index (χ4n) is 3.01. The largest absolute Gasteiger partial charge is 0.453 e. The molecule has 0 fully saturated rings. The topological polar surface area (TPSA) is 72.5 Å². The number of hydrogen-bond donors (Lipinski definition) is 1. The molecular weight excluding hydrogens is 350 g/mol. The number of ketones is 1. The average molecular weight is 371 g/mol. The summed E-state index contributed by atoms with van der Waals surface area (Å²) in [4.78, 5) is 37.9. The number of benzene rings is 1. The molecule has 5 nitrogen and oxygen atoms in total. The van der Waals surface area contributed by atoms with E-state index in [-0.39, 0.29) is 24.2 Å². The molecule has 0 aliphatic carbocycles. The minimum atomic E-state index is -0.472. The van der Waals surface area contributed by atoms with Crippen LogP contribution in [0.3, 0.4) is 0 Å². The zero-order valence-electron chi connectivity index (χ0n) is 15.0. The van der Waals surface area contributed by atoms with Crippen molar-refractivity contribution >= 4 is 34.7 Å². The van der Waals surface area contributed by atoms with Gasteiger partial charge in [0.1, 0.15) is 4.88 Å². The van der Waals surface area contributed by atoms with E-state index < -0.39 is 5.97 Å². The molecule has 0 bridgehead atoms. The zero-order chi connectivity index (χ0) is 18.8. The number of aryl methyl sites for hydroxylation is 2. The van der Waals surface area contributed by atoms with E-state index in [4.69, 9.17) is 4.74 Å². The van der Waals surface area contributed by atoms with E-state index in [2.05, 4.69) is 12.2 Å². The van der Waals surface area contributed by atoms with Crippen LogP contribution < -0.4 is 5.32 Å². The summed E-state index contributed by atoms with van der Waals surface area (Å²) >= 11 is 1.40. The van der Waals surface area contributed by atoms with Gasteiger partial charge in [-0.2, -0.15) is 0 Å². The molecule has 136 valence electrons. The number of carbonyl (C=O) groups excluding carboxylic acids is 3. The van der Waals surface area contributed by atoms with Crippen LogP contribution in [0.2, 0.25) is 0 Å². The van der Waals surface area contributed by atoms with E-state index in [9.17, 15) is 14.4 Å². The molecule has 3 rings (SSSR count). The molecule has 2 heterocycles. The predicted molar refractivity (Wildman–Crippen MR) is 101 cm³/mol. The van der Waals surface area contributed by atoms with Crippen molar-refractivity contribution in [1.82, 2.24) is 0 Å². The van der Waals surface area contributed by atoms with Gasteiger partial charge in [0, 0.05) is 16.1 Å². The zero-order valence-corrected chi connectivity index (χ0v) is 15.9. The first-order chi connectivity index (χ1) is 12.4. The van der Waals surface area contributed by atoms with Gasteiger partial charge >= 0.3 is 5.97 Å². The van der Waals surface area contributed by atoms with Gasteiger partial charge in [0.25, 0.3) is 0 Å². The number of amides is 1. The summed E-state index contributed by atoms with van der Waals surface area (Å²) in [6.07, 6.45) is 1.94. The summed E-state index contributed by atoms with van der Waals surface area (Å²) in [7, 11) is 0. The van der Waals surface area contributed by atoms with Gasteiger partial charge in [-0.1, -0.05) is 13.3 Å². The lowest BCUT2D eigenvalue weighted by Crippen LogP contribution is -2.13. The Balaban J connectivity index is 1.65. The number of esters is 1. The second-order valence-electron chi connectivity index (χ2n) is 6.45. The molecule has 0 radical (unpaired) electrons. The van der Waals surface area contributed by atoms with Crippen LogP contribution >= 0.6 is 11.3 Å². The molecular formula is C20H21NO4S. The van der Waals surface area contributed by atoms with E-state index in [0.717, 1.165) is 34.5 Å². The quantitative estimate of drug-likeness (QED) is 0.613. The normalized spacial score (nSPS) is 15.5. The molecule has 1 amide bonds. The highest BCUT2D eigenvalue weighted by Gasteiger charge is 2.27. The van der Waals surface area contributed by atoms with Gasteiger partial charge in [0.15, 0.2) is 12.4 Å². The van der Waals surface area contributed by atoms with E-state index in [1.54, 1.807) is 25.1 Å². The van der Waals surface area contributed by atoms with Gasteiger partial charge in [-0.15, -0.1) is 11.3 Å². The predicted octanol–water partition coefficient (Wildman–Crippen LogP) is 4.10. The first kappa shape index (κ1) is 18.3. The van der Waals surface area contributed by atoms with E-state index in [1.165, 1.54) is 11.3 Å². The van der Waals surface area contributed by atoms with E-state index in [0.29, 0.717) is 10.4 Å². The van der Waals surface area contributed by atoms with Gasteiger partial charge < -0.3 is 10.1 Å². The maximum absolute atomic E-state index is 12.4. The van der Waals surface area contributed by atoms with Crippen LogP contribution in [0.4, 0.5) is 5.69 Å². The monoisotopic (exact) mass is 371 g/mol. The summed E-state index contributed by atoms with van der Waals surface area (Å²) in [5.41, 5.74) is 3.12. The fraction of sp³-hybridized carbons (Fsp3) is 0.350. The Morgan fingerprint density at radius 3 is 2.77 bits per heavy atom. The van der Waals surface area contributed by atoms with E-state index >= 15 is 0 Å². The van der Waals surface area contributed by atoms with Crippen molar-refractivity contribution in [3.63, 3.8) is 0 Å². The third-order valence-corrected chi connectivity index (χ3v) is 5.64. The molecule has 26 heavy (non-hydrogen) atoms. The van der Waals surface area contributed by atoms with Crippen molar-refractivity contribution < 1.29 is 19.1 Å². The van der Waals surface area contributed by atoms with Gasteiger partial charge in [0.05, 0.1) is 5.92 Å². The van der Waals surface area contributed by atoms with Crippen molar-refractivity contribution in [2.24, 2.45) is 0 Å². The van der Waals surface area contributed by atoms with Crippen molar-refractivity contribution in [1.29, 1.82) is 0 Å². The fourth-order valence-corrected chi connectivity index (χ4v) is 3.98. The maximum Gasteiger partial charge on any atom is 0.348 e. The molecule has 1 atom stereocenters.